The summed E-state index contributed by atoms with van der Waals surface area (Å²) in [7, 11) is 0. The Labute approximate surface area is 706 Å². The third-order valence-corrected chi connectivity index (χ3v) is 16.3. The van der Waals surface area contributed by atoms with Crippen molar-refractivity contribution in [3.05, 3.63) is 377 Å². The quantitative estimate of drug-likeness (QED) is 0.157. The van der Waals surface area contributed by atoms with E-state index in [4.69, 9.17) is 0 Å². The van der Waals surface area contributed by atoms with Crippen LogP contribution in [0.15, 0.2) is 387 Å². The van der Waals surface area contributed by atoms with Crippen LogP contribution in [0.2, 0.25) is 0 Å². The SMILES string of the molecule is C1=NC2=CCCN2N=C1.c1cc2ccnnn2c1.c1cc2cncnn2c1.c1cc2cnncn2c1.c1cc2nccn2cn1.c1cc2nccn2nn1.c1cn2ccnc2cn1.c1cn2ccnc2nn1.c1cn2cncnc2n1.c1cn2cnncc2n1.c1cn2ncncc2n1.c1cnc2nccn2c1.c1cnn2ccnc2c1.c1cnn2ccnc2n1. The van der Waals surface area contributed by atoms with Gasteiger partial charge in [-0.1, -0.05) is 10.4 Å². The van der Waals surface area contributed by atoms with E-state index in [1.807, 2.05) is 158 Å². The number of imidazole rings is 10. The Bertz CT molecular complexity index is 5720. The van der Waals surface area contributed by atoms with Gasteiger partial charge in [-0.25, -0.2) is 122 Å². The van der Waals surface area contributed by atoms with Crippen LogP contribution in [-0.4, -0.2) is 243 Å². The minimum atomic E-state index is 0.637. The van der Waals surface area contributed by atoms with Crippen molar-refractivity contribution in [1.82, 2.24) is 224 Å². The van der Waals surface area contributed by atoms with Crippen molar-refractivity contribution in [2.45, 2.75) is 6.42 Å². The van der Waals surface area contributed by atoms with Crippen molar-refractivity contribution in [3.63, 3.8) is 0 Å². The van der Waals surface area contributed by atoms with Gasteiger partial charge in [0.25, 0.3) is 11.6 Å². The molecule has 28 rings (SSSR count). The second-order valence-electron chi connectivity index (χ2n) is 24.3. The number of nitrogens with zero attached hydrogens (tertiary/aromatic N) is 48. The summed E-state index contributed by atoms with van der Waals surface area (Å²) < 4.78 is 23.0. The molecule has 0 radical (unpaired) electrons. The summed E-state index contributed by atoms with van der Waals surface area (Å²) in [5, 5.41) is 58.8. The monoisotopic (exact) mass is 1670 g/mol. The van der Waals surface area contributed by atoms with E-state index in [1.165, 1.54) is 19.0 Å². The fraction of sp³-hybridized carbons (Fsp3) is 0.0256. The van der Waals surface area contributed by atoms with Crippen LogP contribution in [0.3, 0.4) is 0 Å². The summed E-state index contributed by atoms with van der Waals surface area (Å²) in [6.07, 6.45) is 87.7. The molecule has 26 aromatic heterocycles. The van der Waals surface area contributed by atoms with Crippen LogP contribution in [0.25, 0.3) is 73.5 Å². The van der Waals surface area contributed by atoms with Crippen LogP contribution in [-0.2, 0) is 0 Å². The zero-order valence-corrected chi connectivity index (χ0v) is 65.7. The van der Waals surface area contributed by atoms with Crippen molar-refractivity contribution in [3.8, 4) is 0 Å². The normalized spacial score (nSPS) is 11.1. The summed E-state index contributed by atoms with van der Waals surface area (Å²) in [4.78, 5) is 74.9. The molecule has 0 saturated carbocycles. The molecule has 0 saturated heterocycles. The highest BCUT2D eigenvalue weighted by Crippen LogP contribution is 2.17. The zero-order valence-electron chi connectivity index (χ0n) is 65.7. The molecule has 618 valence electrons. The number of hydrogen-bond acceptors (Lipinski definition) is 35. The topological polar surface area (TPSA) is 498 Å². The van der Waals surface area contributed by atoms with Gasteiger partial charge >= 0.3 is 0 Å². The highest BCUT2D eigenvalue weighted by molar-refractivity contribution is 6.16. The minimum absolute atomic E-state index is 0.637. The molecule has 0 atom stereocenters. The van der Waals surface area contributed by atoms with E-state index in [9.17, 15) is 0 Å². The molecule has 28 heterocycles. The van der Waals surface area contributed by atoms with Crippen LogP contribution >= 0.6 is 0 Å². The zero-order chi connectivity index (χ0) is 85.5. The van der Waals surface area contributed by atoms with Gasteiger partial charge in [-0.2, -0.15) is 40.8 Å². The van der Waals surface area contributed by atoms with Gasteiger partial charge in [0.15, 0.2) is 28.2 Å². The van der Waals surface area contributed by atoms with E-state index in [0.717, 1.165) is 75.0 Å². The lowest BCUT2D eigenvalue weighted by atomic mass is 10.5. The van der Waals surface area contributed by atoms with Gasteiger partial charge in [0.2, 0.25) is 11.6 Å². The molecule has 2 aliphatic heterocycles. The summed E-state index contributed by atoms with van der Waals surface area (Å²) in [5.74, 6) is 3.70. The van der Waals surface area contributed by atoms with Crippen molar-refractivity contribution >= 4 is 86.0 Å². The Kier molecular flexibility index (Phi) is 28.3. The molecule has 2 aliphatic rings. The van der Waals surface area contributed by atoms with Gasteiger partial charge in [0.1, 0.15) is 55.8 Å². The molecular formula is C78H66N48. The molecule has 126 heavy (non-hydrogen) atoms. The van der Waals surface area contributed by atoms with E-state index < -0.39 is 0 Å². The van der Waals surface area contributed by atoms with Crippen molar-refractivity contribution in [1.29, 1.82) is 0 Å². The lowest BCUT2D eigenvalue weighted by Crippen LogP contribution is -2.14. The van der Waals surface area contributed by atoms with Gasteiger partial charge in [-0.15, -0.1) is 25.5 Å². The molecule has 0 amide bonds. The Morgan fingerprint density at radius 1 is 0.246 bits per heavy atom. The first-order valence-corrected chi connectivity index (χ1v) is 37.3. The van der Waals surface area contributed by atoms with Gasteiger partial charge in [-0.05, 0) is 79.2 Å². The van der Waals surface area contributed by atoms with Gasteiger partial charge in [0, 0.05) is 192 Å². The Morgan fingerprint density at radius 2 is 0.817 bits per heavy atom. The highest BCUT2D eigenvalue weighted by atomic mass is 15.5. The Hall–Kier alpha value is -19.5. The molecule has 48 heteroatoms. The fourth-order valence-electron chi connectivity index (χ4n) is 10.5. The van der Waals surface area contributed by atoms with Crippen LogP contribution in [0.5, 0.6) is 0 Å². The van der Waals surface area contributed by atoms with Crippen molar-refractivity contribution < 1.29 is 0 Å². The van der Waals surface area contributed by atoms with E-state index in [1.54, 1.807) is 264 Å². The summed E-state index contributed by atoms with van der Waals surface area (Å²) >= 11 is 0. The standard InChI is InChI=1S/2C6H5N3.C6H7N3.5C6H5N3.6C5H4N4/c1-3-9-4-2-8-6(9)5-7-1;1-2-7-5-9-4-3-8-6(1)9;1-2-6-7-3-4-8-9(6)5-1;1-2-6-3-4-7-8-9(6)5-1;1-2-7-6-8-3-5-9(6)4-1;1-2-6-4-7-8-5-9(6)3-1;1-2-6-4-7-5-8-9(6)3-1;1-2-6-7-4-5-9(6)8-3-1;1-3-9-4-2-7-8-5(9)6-1;1-2-9-4-6-3-8-5(9)7-1;1-2-9-5(7-1)3-6-4-8-9;1-2-9-4-8-7-3-5(9)6-1;1-2-8-9-4-3-7-5(9)6-1;1-2-7-8-9-4-3-6-5(1)9/h2*1-5H;2-4H,1,5H2;5*1-5H;6*1-4H. The van der Waals surface area contributed by atoms with Crippen molar-refractivity contribution in [2.75, 3.05) is 6.54 Å². The van der Waals surface area contributed by atoms with E-state index in [2.05, 4.69) is 177 Å². The summed E-state index contributed by atoms with van der Waals surface area (Å²) in [6.45, 7) is 0.989. The number of rotatable bonds is 0. The second-order valence-corrected chi connectivity index (χ2v) is 24.3. The Morgan fingerprint density at radius 3 is 1.58 bits per heavy atom. The first kappa shape index (κ1) is 81.7. The van der Waals surface area contributed by atoms with E-state index >= 15 is 0 Å². The Balaban J connectivity index is 0.000000105. The molecule has 0 aromatic carbocycles. The van der Waals surface area contributed by atoms with E-state index in [-0.39, 0.29) is 0 Å². The smallest absolute Gasteiger partial charge is 0.253 e. The predicted octanol–water partition coefficient (Wildman–Crippen LogP) is 6.45. The lowest BCUT2D eigenvalue weighted by molar-refractivity contribution is 0.397. The summed E-state index contributed by atoms with van der Waals surface area (Å²) in [6, 6.07) is 23.0. The molecule has 0 N–H and O–H groups in total. The predicted molar refractivity (Wildman–Crippen MR) is 452 cm³/mol. The van der Waals surface area contributed by atoms with E-state index in [0.29, 0.717) is 17.3 Å². The highest BCUT2D eigenvalue weighted by Gasteiger charge is 2.13. The molecule has 26 aromatic rings. The first-order chi connectivity index (χ1) is 62.5. The first-order valence-electron chi connectivity index (χ1n) is 37.3. The maximum absolute atomic E-state index is 4.10. The maximum Gasteiger partial charge on any atom is 0.253 e. The molecule has 0 aliphatic carbocycles. The third-order valence-electron chi connectivity index (χ3n) is 16.3. The number of aliphatic imine (C=N–C) groups is 1. The maximum atomic E-state index is 4.10. The van der Waals surface area contributed by atoms with Crippen LogP contribution in [0, 0.1) is 0 Å². The summed E-state index contributed by atoms with van der Waals surface area (Å²) in [5.41, 5.74) is 8.31. The minimum Gasteiger partial charge on any atom is -0.305 e. The average Bonchev–Trinajstić information content (AvgIpc) is 1.89. The number of aromatic nitrogens is 45. The molecule has 0 spiro atoms. The third kappa shape index (κ3) is 23.5. The van der Waals surface area contributed by atoms with Crippen molar-refractivity contribution in [2.24, 2.45) is 10.1 Å². The van der Waals surface area contributed by atoms with Gasteiger partial charge in [-0.3, -0.25) is 27.0 Å². The lowest BCUT2D eigenvalue weighted by Gasteiger charge is -2.13. The number of hydrazone groups is 1. The molecular weight excluding hydrogens is 1610 g/mol. The van der Waals surface area contributed by atoms with Gasteiger partial charge < -0.3 is 8.80 Å². The molecule has 0 unspecified atom stereocenters. The van der Waals surface area contributed by atoms with Gasteiger partial charge in [0.05, 0.1) is 97.1 Å². The van der Waals surface area contributed by atoms with Crippen LogP contribution in [0.4, 0.5) is 0 Å². The molecule has 48 nitrogen and oxygen atoms in total. The second kappa shape index (κ2) is 43.6. The molecule has 0 fully saturated rings. The average molecular weight is 1680 g/mol. The van der Waals surface area contributed by atoms with Crippen LogP contribution in [0.1, 0.15) is 6.42 Å². The number of hydrogen-bond donors (Lipinski definition) is 0. The molecule has 0 bridgehead atoms. The number of fused-ring (bicyclic) bond motifs is 14. The van der Waals surface area contributed by atoms with Crippen LogP contribution < -0.4 is 0 Å². The fourth-order valence-corrected chi connectivity index (χ4v) is 10.5. The largest absolute Gasteiger partial charge is 0.305 e.